The first kappa shape index (κ1) is 36.0. The summed E-state index contributed by atoms with van der Waals surface area (Å²) in [7, 11) is 1.81. The Kier molecular flexibility index (Phi) is 8.73. The van der Waals surface area contributed by atoms with Crippen LogP contribution in [0.15, 0.2) is 6.20 Å². The number of carboxylic acid groups (broad SMARTS) is 1. The number of ether oxygens (including phenoxy) is 3. The van der Waals surface area contributed by atoms with Gasteiger partial charge in [0.25, 0.3) is 0 Å². The Hall–Kier alpha value is -4.99. The summed E-state index contributed by atoms with van der Waals surface area (Å²) in [5.41, 5.74) is -2.05. The molecule has 2 bridgehead atoms. The van der Waals surface area contributed by atoms with E-state index in [1.807, 2.05) is 15.9 Å². The number of piperazine rings is 1. The zero-order chi connectivity index (χ0) is 38.3. The summed E-state index contributed by atoms with van der Waals surface area (Å²) in [5, 5.41) is 23.0. The molecule has 0 radical (unpaired) electrons. The van der Waals surface area contributed by atoms with Crippen molar-refractivity contribution in [3.8, 4) is 23.3 Å². The fraction of sp³-hybridized carbons (Fsp3) is 0.500. The molecule has 3 atom stereocenters. The van der Waals surface area contributed by atoms with Crippen molar-refractivity contribution in [3.05, 3.63) is 34.5 Å². The number of halogens is 3. The maximum atomic E-state index is 17.6. The van der Waals surface area contributed by atoms with Gasteiger partial charge in [0.05, 0.1) is 40.8 Å². The van der Waals surface area contributed by atoms with Gasteiger partial charge in [-0.25, -0.2) is 22.8 Å². The summed E-state index contributed by atoms with van der Waals surface area (Å²) in [6.45, 7) is 5.70. The minimum atomic E-state index is -1.68. The van der Waals surface area contributed by atoms with Crippen LogP contribution in [0.4, 0.5) is 33.6 Å². The zero-order valence-corrected chi connectivity index (χ0v) is 30.8. The van der Waals surface area contributed by atoms with Crippen molar-refractivity contribution < 1.29 is 42.1 Å². The number of amides is 2. The number of fused-ring (bicyclic) bond motifs is 6. The molecule has 18 heteroatoms. The summed E-state index contributed by atoms with van der Waals surface area (Å²) < 4.78 is 65.9. The minimum absolute atomic E-state index is 0.00187. The number of thiophene rings is 1. The van der Waals surface area contributed by atoms with Gasteiger partial charge in [-0.1, -0.05) is 0 Å². The number of nitriles is 1. The first-order chi connectivity index (χ1) is 25.6. The van der Waals surface area contributed by atoms with Crippen LogP contribution in [0.25, 0.3) is 32.2 Å². The van der Waals surface area contributed by atoms with E-state index in [-0.39, 0.29) is 101 Å². The highest BCUT2D eigenvalue weighted by molar-refractivity contribution is 7.23. The van der Waals surface area contributed by atoms with E-state index < -0.39 is 35.1 Å². The Balaban J connectivity index is 1.32. The van der Waals surface area contributed by atoms with E-state index in [0.717, 1.165) is 17.5 Å². The Bertz CT molecular complexity index is 2260. The van der Waals surface area contributed by atoms with Crippen LogP contribution < -0.4 is 15.0 Å². The lowest BCUT2D eigenvalue weighted by Gasteiger charge is -2.41. The van der Waals surface area contributed by atoms with E-state index in [0.29, 0.717) is 41.7 Å². The van der Waals surface area contributed by atoms with Crippen LogP contribution in [-0.2, 0) is 22.7 Å². The smallest absolute Gasteiger partial charge is 0.412 e. The molecule has 54 heavy (non-hydrogen) atoms. The van der Waals surface area contributed by atoms with E-state index >= 15 is 13.2 Å². The second-order valence-corrected chi connectivity index (χ2v) is 16.3. The van der Waals surface area contributed by atoms with Crippen LogP contribution in [0.5, 0.6) is 6.01 Å². The van der Waals surface area contributed by atoms with Gasteiger partial charge in [0.15, 0.2) is 17.3 Å². The highest BCUT2D eigenvalue weighted by atomic mass is 32.1. The zero-order valence-electron chi connectivity index (χ0n) is 30.0. The van der Waals surface area contributed by atoms with E-state index in [2.05, 4.69) is 15.3 Å². The normalized spacial score (nSPS) is 22.6. The second kappa shape index (κ2) is 13.1. The molecule has 1 aromatic carbocycles. The molecule has 8 rings (SSSR count). The van der Waals surface area contributed by atoms with Gasteiger partial charge in [0, 0.05) is 49.2 Å². The Morgan fingerprint density at radius 2 is 1.89 bits per heavy atom. The molecule has 3 fully saturated rings. The molecule has 4 aliphatic heterocycles. The van der Waals surface area contributed by atoms with Crippen LogP contribution >= 0.6 is 11.3 Å². The lowest BCUT2D eigenvalue weighted by molar-refractivity contribution is 0.0636. The summed E-state index contributed by atoms with van der Waals surface area (Å²) in [5.74, 6) is -1.33. The molecule has 2 N–H and O–H groups in total. The molecular formula is C36H37F3N8O6S. The number of likely N-dealkylation sites (tertiary alicyclic amines) is 2. The molecule has 14 nitrogen and oxygen atoms in total. The topological polar surface area (TPSA) is 166 Å². The van der Waals surface area contributed by atoms with Gasteiger partial charge >= 0.3 is 18.2 Å². The van der Waals surface area contributed by atoms with Crippen molar-refractivity contribution >= 4 is 55.3 Å². The maximum Gasteiger partial charge on any atom is 0.412 e. The fourth-order valence-electron chi connectivity index (χ4n) is 8.09. The molecule has 284 valence electrons. The number of nitrogens with zero attached hydrogens (tertiary/aromatic N) is 7. The quantitative estimate of drug-likeness (QED) is 0.229. The van der Waals surface area contributed by atoms with Gasteiger partial charge in [-0.3, -0.25) is 10.3 Å². The molecule has 0 saturated carbocycles. The average molecular weight is 767 g/mol. The van der Waals surface area contributed by atoms with Gasteiger partial charge in [-0.05, 0) is 58.2 Å². The lowest BCUT2D eigenvalue weighted by atomic mass is 9.93. The van der Waals surface area contributed by atoms with Crippen LogP contribution in [0.1, 0.15) is 56.7 Å². The van der Waals surface area contributed by atoms with Crippen molar-refractivity contribution in [2.45, 2.75) is 76.6 Å². The Morgan fingerprint density at radius 3 is 2.54 bits per heavy atom. The van der Waals surface area contributed by atoms with Crippen molar-refractivity contribution in [3.63, 3.8) is 0 Å². The number of hydrogen-bond acceptors (Lipinski definition) is 12. The van der Waals surface area contributed by atoms with Crippen molar-refractivity contribution in [2.24, 2.45) is 0 Å². The van der Waals surface area contributed by atoms with E-state index in [1.54, 1.807) is 27.8 Å². The van der Waals surface area contributed by atoms with Crippen molar-refractivity contribution in [2.75, 3.05) is 50.1 Å². The van der Waals surface area contributed by atoms with Gasteiger partial charge in [-0.15, -0.1) is 11.3 Å². The third-order valence-corrected chi connectivity index (χ3v) is 11.5. The molecule has 3 aromatic heterocycles. The molecule has 3 unspecified atom stereocenters. The molecule has 2 amide bonds. The van der Waals surface area contributed by atoms with Crippen LogP contribution in [0, 0.1) is 23.0 Å². The molecule has 4 aromatic rings. The highest BCUT2D eigenvalue weighted by Gasteiger charge is 2.45. The molecule has 7 heterocycles. The number of carbonyl (C=O) groups excluding carboxylic acids is 1. The monoisotopic (exact) mass is 766 g/mol. The van der Waals surface area contributed by atoms with Crippen molar-refractivity contribution in [1.82, 2.24) is 24.8 Å². The number of alkyl halides is 1. The van der Waals surface area contributed by atoms with Gasteiger partial charge in [-0.2, -0.15) is 15.2 Å². The number of aromatic nitrogens is 3. The van der Waals surface area contributed by atoms with Gasteiger partial charge in [0.2, 0.25) is 0 Å². The predicted molar refractivity (Wildman–Crippen MR) is 191 cm³/mol. The van der Waals surface area contributed by atoms with E-state index in [9.17, 15) is 20.0 Å². The molecule has 4 aliphatic rings. The highest BCUT2D eigenvalue weighted by Crippen LogP contribution is 2.48. The van der Waals surface area contributed by atoms with Crippen LogP contribution in [-0.4, -0.2) is 105 Å². The predicted octanol–water partition coefficient (Wildman–Crippen LogP) is 6.19. The SMILES string of the molecule is CN1CCC(F)(COc2nc(N3C4CCC3CN(C(=O)O)C4)c3c4c(c(-c5ncc(F)c6sc(NC(=O)OC(C)(C)C)c(C#N)c56)c(F)c3n2)COC4)C1. The first-order valence-corrected chi connectivity index (χ1v) is 18.4. The van der Waals surface area contributed by atoms with Gasteiger partial charge < -0.3 is 34.0 Å². The number of pyridine rings is 1. The molecule has 3 saturated heterocycles. The first-order valence-electron chi connectivity index (χ1n) is 17.6. The second-order valence-electron chi connectivity index (χ2n) is 15.3. The number of carbonyl (C=O) groups is 2. The van der Waals surface area contributed by atoms with Crippen LogP contribution in [0.2, 0.25) is 0 Å². The van der Waals surface area contributed by atoms with Crippen LogP contribution in [0.3, 0.4) is 0 Å². The minimum Gasteiger partial charge on any atom is -0.465 e. The standard InChI is InChI=1S/C36H37F3N8O6S/c1-35(2,3)53-33(48)44-31-19(9-40)24-27(41-10-22(37)29(24)54-31)23-20-13-51-14-21(20)25-28(26(23)38)42-32(52-16-36(39)7-8-45(4)15-36)43-30(25)47-17-5-6-18(47)12-46(11-17)34(49)50/h10,17-18H,5-8,11-16H2,1-4H3,(H,44,48)(H,49,50). The maximum absolute atomic E-state index is 17.6. The summed E-state index contributed by atoms with van der Waals surface area (Å²) in [4.78, 5) is 43.5. The Morgan fingerprint density at radius 1 is 1.17 bits per heavy atom. The number of hydrogen-bond donors (Lipinski definition) is 2. The summed E-state index contributed by atoms with van der Waals surface area (Å²) in [6, 6.07) is 1.21. The van der Waals surface area contributed by atoms with Gasteiger partial charge in [0.1, 0.15) is 34.6 Å². The third kappa shape index (κ3) is 6.17. The lowest BCUT2D eigenvalue weighted by Crippen LogP contribution is -2.55. The molecule has 0 spiro atoms. The third-order valence-electron chi connectivity index (χ3n) is 10.3. The Labute approximate surface area is 311 Å². The number of rotatable bonds is 6. The summed E-state index contributed by atoms with van der Waals surface area (Å²) >= 11 is 0.792. The molecule has 0 aliphatic carbocycles. The fourth-order valence-corrected chi connectivity index (χ4v) is 9.13. The number of anilines is 2. The van der Waals surface area contributed by atoms with E-state index in [1.165, 1.54) is 4.90 Å². The largest absolute Gasteiger partial charge is 0.465 e. The number of nitrogens with one attached hydrogen (secondary N) is 1. The number of benzene rings is 1. The summed E-state index contributed by atoms with van der Waals surface area (Å²) in [6.07, 6.45) is 0.602. The molecular weight excluding hydrogens is 730 g/mol. The van der Waals surface area contributed by atoms with E-state index in [4.69, 9.17) is 19.2 Å². The van der Waals surface area contributed by atoms with Crippen molar-refractivity contribution in [1.29, 1.82) is 5.26 Å². The average Bonchev–Trinajstić information content (AvgIpc) is 3.87.